The quantitative estimate of drug-likeness (QED) is 0.831. The highest BCUT2D eigenvalue weighted by Crippen LogP contribution is 2.35. The largest absolute Gasteiger partial charge is 0.344 e. The molecule has 0 aromatic carbocycles. The van der Waals surface area contributed by atoms with Crippen molar-refractivity contribution < 1.29 is 0 Å². The van der Waals surface area contributed by atoms with E-state index in [9.17, 15) is 0 Å². The molecule has 1 fully saturated rings. The molecule has 0 spiro atoms. The summed E-state index contributed by atoms with van der Waals surface area (Å²) in [7, 11) is 0. The minimum absolute atomic E-state index is 0.117. The van der Waals surface area contributed by atoms with Gasteiger partial charge in [-0.2, -0.15) is 11.8 Å². The Morgan fingerprint density at radius 3 is 2.76 bits per heavy atom. The van der Waals surface area contributed by atoms with Gasteiger partial charge in [-0.3, -0.25) is 0 Å². The zero-order chi connectivity index (χ0) is 15.5. The van der Waals surface area contributed by atoms with Crippen molar-refractivity contribution >= 4 is 28.2 Å². The smallest absolute Gasteiger partial charge is 0.186 e. The topological polar surface area (TPSA) is 28.2 Å². The van der Waals surface area contributed by atoms with Gasteiger partial charge in [0.1, 0.15) is 0 Å². The van der Waals surface area contributed by atoms with Crippen molar-refractivity contribution in [3.8, 4) is 0 Å². The molecule has 1 aromatic heterocycles. The van der Waals surface area contributed by atoms with Crippen molar-refractivity contribution in [2.24, 2.45) is 0 Å². The minimum atomic E-state index is 0.117. The van der Waals surface area contributed by atoms with Crippen LogP contribution in [0.15, 0.2) is 0 Å². The molecule has 0 saturated carbocycles. The highest BCUT2D eigenvalue weighted by Gasteiger charge is 2.27. The third-order valence-electron chi connectivity index (χ3n) is 3.72. The standard InChI is InChI=1S/C16H29N3S2/c1-6-7-17-10-13-14(16(3,4)5)18-15(21-13)19-8-9-20-11-12(19)2/h12,17H,6-11H2,1-5H3. The number of thioether (sulfide) groups is 1. The van der Waals surface area contributed by atoms with E-state index >= 15 is 0 Å². The summed E-state index contributed by atoms with van der Waals surface area (Å²) in [6.07, 6.45) is 1.18. The van der Waals surface area contributed by atoms with Gasteiger partial charge < -0.3 is 10.2 Å². The Balaban J connectivity index is 2.22. The summed E-state index contributed by atoms with van der Waals surface area (Å²) >= 11 is 3.95. The lowest BCUT2D eigenvalue weighted by atomic mass is 9.91. The van der Waals surface area contributed by atoms with Crippen LogP contribution < -0.4 is 10.2 Å². The van der Waals surface area contributed by atoms with Crippen LogP contribution in [0, 0.1) is 0 Å². The Morgan fingerprint density at radius 2 is 2.14 bits per heavy atom. The molecule has 1 aliphatic heterocycles. The van der Waals surface area contributed by atoms with Gasteiger partial charge in [-0.1, -0.05) is 27.7 Å². The zero-order valence-corrected chi connectivity index (χ0v) is 15.7. The maximum atomic E-state index is 5.03. The van der Waals surface area contributed by atoms with Gasteiger partial charge in [-0.25, -0.2) is 4.98 Å². The fourth-order valence-corrected chi connectivity index (χ4v) is 4.94. The third kappa shape index (κ3) is 4.36. The predicted octanol–water partition coefficient (Wildman–Crippen LogP) is 3.88. The molecule has 2 heterocycles. The van der Waals surface area contributed by atoms with Crippen LogP contribution in [-0.2, 0) is 12.0 Å². The first-order valence-electron chi connectivity index (χ1n) is 7.98. The van der Waals surface area contributed by atoms with Gasteiger partial charge in [0.05, 0.1) is 5.69 Å². The second-order valence-electron chi connectivity index (χ2n) is 6.81. The van der Waals surface area contributed by atoms with Gasteiger partial charge >= 0.3 is 0 Å². The molecule has 1 saturated heterocycles. The van der Waals surface area contributed by atoms with Crippen molar-refractivity contribution in [2.45, 2.75) is 59.0 Å². The molecule has 0 bridgehead atoms. The van der Waals surface area contributed by atoms with Crippen LogP contribution in [0.3, 0.4) is 0 Å². The molecule has 0 radical (unpaired) electrons. The molecule has 0 amide bonds. The van der Waals surface area contributed by atoms with Crippen molar-refractivity contribution in [3.05, 3.63) is 10.6 Å². The van der Waals surface area contributed by atoms with E-state index in [1.165, 1.54) is 33.6 Å². The van der Waals surface area contributed by atoms with Crippen molar-refractivity contribution in [1.82, 2.24) is 10.3 Å². The monoisotopic (exact) mass is 327 g/mol. The summed E-state index contributed by atoms with van der Waals surface area (Å²) in [6.45, 7) is 14.5. The second-order valence-corrected chi connectivity index (χ2v) is 9.02. The van der Waals surface area contributed by atoms with Crippen molar-refractivity contribution in [1.29, 1.82) is 0 Å². The predicted molar refractivity (Wildman–Crippen MR) is 96.9 cm³/mol. The summed E-state index contributed by atoms with van der Waals surface area (Å²) in [6, 6.07) is 0.596. The van der Waals surface area contributed by atoms with Crippen LogP contribution in [0.1, 0.15) is 51.6 Å². The van der Waals surface area contributed by atoms with E-state index in [-0.39, 0.29) is 5.41 Å². The highest BCUT2D eigenvalue weighted by molar-refractivity contribution is 7.99. The molecule has 120 valence electrons. The lowest BCUT2D eigenvalue weighted by Crippen LogP contribution is -2.40. The number of rotatable bonds is 5. The maximum absolute atomic E-state index is 5.03. The number of aromatic nitrogens is 1. The summed E-state index contributed by atoms with van der Waals surface area (Å²) in [4.78, 5) is 8.94. The molecular formula is C16H29N3S2. The van der Waals surface area contributed by atoms with Crippen molar-refractivity contribution in [3.63, 3.8) is 0 Å². The Kier molecular flexibility index (Phi) is 5.97. The molecule has 3 nitrogen and oxygen atoms in total. The number of nitrogens with zero attached hydrogens (tertiary/aromatic N) is 2. The van der Waals surface area contributed by atoms with Gasteiger partial charge in [0.15, 0.2) is 5.13 Å². The first-order valence-corrected chi connectivity index (χ1v) is 9.96. The van der Waals surface area contributed by atoms with E-state index in [2.05, 4.69) is 56.6 Å². The lowest BCUT2D eigenvalue weighted by molar-refractivity contribution is 0.557. The zero-order valence-electron chi connectivity index (χ0n) is 14.0. The van der Waals surface area contributed by atoms with Gasteiger partial charge in [0.2, 0.25) is 0 Å². The van der Waals surface area contributed by atoms with Gasteiger partial charge in [-0.05, 0) is 19.9 Å². The maximum Gasteiger partial charge on any atom is 0.186 e. The molecule has 1 aliphatic rings. The Hall–Kier alpha value is -0.260. The fourth-order valence-electron chi connectivity index (χ4n) is 2.56. The van der Waals surface area contributed by atoms with Crippen LogP contribution in [-0.4, -0.2) is 35.6 Å². The van der Waals surface area contributed by atoms with E-state index in [4.69, 9.17) is 4.98 Å². The average Bonchev–Trinajstić information content (AvgIpc) is 2.83. The molecule has 1 unspecified atom stereocenters. The summed E-state index contributed by atoms with van der Waals surface area (Å²) in [5.41, 5.74) is 1.39. The van der Waals surface area contributed by atoms with Crippen LogP contribution in [0.5, 0.6) is 0 Å². The van der Waals surface area contributed by atoms with Crippen LogP contribution in [0.25, 0.3) is 0 Å². The number of nitrogens with one attached hydrogen (secondary N) is 1. The van der Waals surface area contributed by atoms with E-state index in [1.807, 2.05) is 11.3 Å². The first-order chi connectivity index (χ1) is 9.93. The fraction of sp³-hybridized carbons (Fsp3) is 0.812. The van der Waals surface area contributed by atoms with Gasteiger partial charge in [-0.15, -0.1) is 11.3 Å². The average molecular weight is 328 g/mol. The second kappa shape index (κ2) is 7.34. The SMILES string of the molecule is CCCNCc1sc(N2CCSCC2C)nc1C(C)(C)C. The van der Waals surface area contributed by atoms with Gasteiger partial charge in [0.25, 0.3) is 0 Å². The Morgan fingerprint density at radius 1 is 1.38 bits per heavy atom. The number of hydrogen-bond acceptors (Lipinski definition) is 5. The minimum Gasteiger partial charge on any atom is -0.344 e. The molecule has 1 atom stereocenters. The lowest BCUT2D eigenvalue weighted by Gasteiger charge is -2.32. The molecule has 0 aliphatic carbocycles. The molecule has 1 N–H and O–H groups in total. The molecule has 21 heavy (non-hydrogen) atoms. The van der Waals surface area contributed by atoms with Gasteiger partial charge in [0, 0.05) is 40.9 Å². The van der Waals surface area contributed by atoms with E-state index < -0.39 is 0 Å². The van der Waals surface area contributed by atoms with Crippen LogP contribution >= 0.6 is 23.1 Å². The normalized spacial score (nSPS) is 20.0. The Labute approximate surface area is 137 Å². The van der Waals surface area contributed by atoms with Crippen LogP contribution in [0.2, 0.25) is 0 Å². The summed E-state index contributed by atoms with van der Waals surface area (Å²) in [5.74, 6) is 2.44. The van der Waals surface area contributed by atoms with Crippen molar-refractivity contribution in [2.75, 3.05) is 29.5 Å². The van der Waals surface area contributed by atoms with E-state index in [0.29, 0.717) is 6.04 Å². The Bertz CT molecular complexity index is 451. The highest BCUT2D eigenvalue weighted by atomic mass is 32.2. The molecule has 2 rings (SSSR count). The summed E-state index contributed by atoms with van der Waals surface area (Å²) in [5, 5.41) is 4.76. The van der Waals surface area contributed by atoms with E-state index in [0.717, 1.165) is 19.6 Å². The molecular weight excluding hydrogens is 298 g/mol. The molecule has 5 heteroatoms. The first kappa shape index (κ1) is 17.1. The van der Waals surface area contributed by atoms with E-state index in [1.54, 1.807) is 0 Å². The number of hydrogen-bond donors (Lipinski definition) is 1. The van der Waals surface area contributed by atoms with Crippen LogP contribution in [0.4, 0.5) is 5.13 Å². The number of anilines is 1. The summed E-state index contributed by atoms with van der Waals surface area (Å²) < 4.78 is 0. The third-order valence-corrected chi connectivity index (χ3v) is 6.00. The number of thiazole rings is 1. The molecule has 1 aromatic rings.